The Morgan fingerprint density at radius 2 is 2.29 bits per heavy atom. The van der Waals surface area contributed by atoms with Crippen LogP contribution in [0.5, 0.6) is 11.5 Å². The van der Waals surface area contributed by atoms with Gasteiger partial charge >= 0.3 is 0 Å². The van der Waals surface area contributed by atoms with Crippen LogP contribution in [0.25, 0.3) is 0 Å². The second kappa shape index (κ2) is 6.82. The fourth-order valence-corrected chi connectivity index (χ4v) is 1.36. The summed E-state index contributed by atoms with van der Waals surface area (Å²) in [6.07, 6.45) is 1.21. The Morgan fingerprint density at radius 3 is 2.88 bits per heavy atom. The van der Waals surface area contributed by atoms with Crippen molar-refractivity contribution in [1.29, 1.82) is 0 Å². The van der Waals surface area contributed by atoms with Crippen molar-refractivity contribution in [2.75, 3.05) is 12.5 Å². The number of carbonyl (C=O) groups excluding carboxylic acids is 1. The molecule has 0 aliphatic carbocycles. The van der Waals surface area contributed by atoms with Gasteiger partial charge in [0.1, 0.15) is 6.29 Å². The third-order valence-corrected chi connectivity index (χ3v) is 2.16. The predicted molar refractivity (Wildman–Crippen MR) is 66.9 cm³/mol. The molecule has 90 valence electrons. The highest BCUT2D eigenvalue weighted by Crippen LogP contribution is 2.30. The Balaban J connectivity index is 3.15. The highest BCUT2D eigenvalue weighted by Gasteiger charge is 2.09. The van der Waals surface area contributed by atoms with Gasteiger partial charge in [-0.2, -0.15) is 0 Å². The molecule has 0 aliphatic rings. The first-order valence-corrected chi connectivity index (χ1v) is 5.76. The maximum absolute atomic E-state index is 10.7. The number of ether oxygens (including phenoxy) is 1. The zero-order valence-corrected chi connectivity index (χ0v) is 10.3. The number of halogens is 1. The van der Waals surface area contributed by atoms with E-state index >= 15 is 0 Å². The summed E-state index contributed by atoms with van der Waals surface area (Å²) < 4.78 is 5.22. The topological polar surface area (TPSA) is 46.5 Å². The molecule has 1 rings (SSSR count). The van der Waals surface area contributed by atoms with Crippen molar-refractivity contribution in [1.82, 2.24) is 0 Å². The van der Waals surface area contributed by atoms with Crippen LogP contribution in [0.4, 0.5) is 0 Å². The van der Waals surface area contributed by atoms with Crippen molar-refractivity contribution in [3.8, 4) is 23.3 Å². The first kappa shape index (κ1) is 13.4. The quantitative estimate of drug-likeness (QED) is 0.509. The normalized spacial score (nSPS) is 9.29. The minimum atomic E-state index is -0.0421. The fourth-order valence-electron chi connectivity index (χ4n) is 1.26. The third kappa shape index (κ3) is 3.69. The Morgan fingerprint density at radius 1 is 1.53 bits per heavy atom. The number of aromatic hydroxyl groups is 1. The van der Waals surface area contributed by atoms with E-state index in [2.05, 4.69) is 11.8 Å². The maximum atomic E-state index is 10.7. The molecule has 0 atom stereocenters. The lowest BCUT2D eigenvalue weighted by molar-refractivity contribution is 0.112. The van der Waals surface area contributed by atoms with E-state index in [1.807, 2.05) is 0 Å². The van der Waals surface area contributed by atoms with Gasteiger partial charge in [-0.25, -0.2) is 0 Å². The molecule has 1 N–H and O–H groups in total. The zero-order chi connectivity index (χ0) is 12.7. The Bertz CT molecular complexity index is 458. The van der Waals surface area contributed by atoms with E-state index in [1.54, 1.807) is 6.92 Å². The van der Waals surface area contributed by atoms with Crippen LogP contribution in [0.1, 0.15) is 29.3 Å². The standard InChI is InChI=1S/C13H13ClO3/c1-2-17-12-8-10(9-15)7-11(13(12)16)5-3-4-6-14/h7-9,16H,2,4,6H2,1H3. The molecule has 17 heavy (non-hydrogen) atoms. The first-order chi connectivity index (χ1) is 8.22. The Labute approximate surface area is 105 Å². The molecular formula is C13H13ClO3. The number of hydrogen-bond acceptors (Lipinski definition) is 3. The van der Waals surface area contributed by atoms with E-state index in [4.69, 9.17) is 16.3 Å². The van der Waals surface area contributed by atoms with Crippen LogP contribution in [-0.4, -0.2) is 23.9 Å². The van der Waals surface area contributed by atoms with Crippen molar-refractivity contribution < 1.29 is 14.6 Å². The van der Waals surface area contributed by atoms with Crippen LogP contribution in [0, 0.1) is 11.8 Å². The average molecular weight is 253 g/mol. The molecule has 1 aromatic carbocycles. The van der Waals surface area contributed by atoms with Gasteiger partial charge in [0.15, 0.2) is 11.5 Å². The summed E-state index contributed by atoms with van der Waals surface area (Å²) in [6.45, 7) is 2.20. The smallest absolute Gasteiger partial charge is 0.173 e. The van der Waals surface area contributed by atoms with Gasteiger partial charge < -0.3 is 9.84 Å². The average Bonchev–Trinajstić information content (AvgIpc) is 2.34. The fraction of sp³-hybridized carbons (Fsp3) is 0.308. The number of aldehydes is 1. The molecule has 0 saturated carbocycles. The number of benzene rings is 1. The van der Waals surface area contributed by atoms with E-state index in [9.17, 15) is 9.90 Å². The van der Waals surface area contributed by atoms with Crippen LogP contribution < -0.4 is 4.74 Å². The second-order valence-electron chi connectivity index (χ2n) is 3.21. The summed E-state index contributed by atoms with van der Waals surface area (Å²) >= 11 is 5.50. The van der Waals surface area contributed by atoms with Gasteiger partial charge in [0.2, 0.25) is 0 Å². The van der Waals surface area contributed by atoms with E-state index in [0.29, 0.717) is 36.3 Å². The number of hydrogen-bond donors (Lipinski definition) is 1. The molecule has 0 saturated heterocycles. The molecule has 0 amide bonds. The van der Waals surface area contributed by atoms with Gasteiger partial charge in [-0.3, -0.25) is 4.79 Å². The number of phenols is 1. The monoisotopic (exact) mass is 252 g/mol. The van der Waals surface area contributed by atoms with Crippen LogP contribution >= 0.6 is 11.6 Å². The number of rotatable bonds is 4. The summed E-state index contributed by atoms with van der Waals surface area (Å²) in [7, 11) is 0. The lowest BCUT2D eigenvalue weighted by atomic mass is 10.1. The summed E-state index contributed by atoms with van der Waals surface area (Å²) in [4.78, 5) is 10.7. The van der Waals surface area contributed by atoms with Crippen LogP contribution in [0.15, 0.2) is 12.1 Å². The maximum Gasteiger partial charge on any atom is 0.173 e. The van der Waals surface area contributed by atoms with Gasteiger partial charge in [-0.05, 0) is 19.1 Å². The van der Waals surface area contributed by atoms with Crippen molar-refractivity contribution in [2.24, 2.45) is 0 Å². The van der Waals surface area contributed by atoms with E-state index in [0.717, 1.165) is 0 Å². The van der Waals surface area contributed by atoms with Gasteiger partial charge in [-0.15, -0.1) is 11.6 Å². The Hall–Kier alpha value is -1.66. The van der Waals surface area contributed by atoms with Crippen LogP contribution in [-0.2, 0) is 0 Å². The summed E-state index contributed by atoms with van der Waals surface area (Å²) in [5.74, 6) is 6.22. The minimum absolute atomic E-state index is 0.0421. The van der Waals surface area contributed by atoms with E-state index in [-0.39, 0.29) is 11.5 Å². The second-order valence-corrected chi connectivity index (χ2v) is 3.58. The molecule has 0 unspecified atom stereocenters. The lowest BCUT2D eigenvalue weighted by Gasteiger charge is -2.07. The molecule has 0 spiro atoms. The highest BCUT2D eigenvalue weighted by atomic mass is 35.5. The van der Waals surface area contributed by atoms with E-state index < -0.39 is 0 Å². The van der Waals surface area contributed by atoms with Crippen molar-refractivity contribution in [3.63, 3.8) is 0 Å². The molecule has 3 nitrogen and oxygen atoms in total. The first-order valence-electron chi connectivity index (χ1n) is 5.22. The SMILES string of the molecule is CCOc1cc(C=O)cc(C#CCCCl)c1O. The van der Waals surface area contributed by atoms with Gasteiger partial charge in [0.05, 0.1) is 12.2 Å². The van der Waals surface area contributed by atoms with Gasteiger partial charge in [0, 0.05) is 17.9 Å². The summed E-state index contributed by atoms with van der Waals surface area (Å²) in [5, 5.41) is 9.86. The molecule has 0 bridgehead atoms. The lowest BCUT2D eigenvalue weighted by Crippen LogP contribution is -1.95. The third-order valence-electron chi connectivity index (χ3n) is 1.98. The van der Waals surface area contributed by atoms with Gasteiger partial charge in [0.25, 0.3) is 0 Å². The van der Waals surface area contributed by atoms with E-state index in [1.165, 1.54) is 12.1 Å². The molecule has 1 aromatic rings. The summed E-state index contributed by atoms with van der Waals surface area (Å²) in [6, 6.07) is 3.00. The number of alkyl halides is 1. The molecule has 0 aliphatic heterocycles. The highest BCUT2D eigenvalue weighted by molar-refractivity contribution is 6.18. The number of carbonyl (C=O) groups is 1. The van der Waals surface area contributed by atoms with Crippen LogP contribution in [0.3, 0.4) is 0 Å². The Kier molecular flexibility index (Phi) is 5.38. The van der Waals surface area contributed by atoms with Gasteiger partial charge in [-0.1, -0.05) is 11.8 Å². The molecular weight excluding hydrogens is 240 g/mol. The number of phenolic OH excluding ortho intramolecular Hbond substituents is 1. The molecule has 0 fully saturated rings. The van der Waals surface area contributed by atoms with Crippen molar-refractivity contribution >= 4 is 17.9 Å². The summed E-state index contributed by atoms with van der Waals surface area (Å²) in [5.41, 5.74) is 0.796. The van der Waals surface area contributed by atoms with Crippen LogP contribution in [0.2, 0.25) is 0 Å². The molecule has 0 heterocycles. The molecule has 0 radical (unpaired) electrons. The van der Waals surface area contributed by atoms with Crippen molar-refractivity contribution in [3.05, 3.63) is 23.3 Å². The molecule has 4 heteroatoms. The largest absolute Gasteiger partial charge is 0.503 e. The molecule has 0 aromatic heterocycles. The van der Waals surface area contributed by atoms with Crippen molar-refractivity contribution in [2.45, 2.75) is 13.3 Å². The minimum Gasteiger partial charge on any atom is -0.503 e. The predicted octanol–water partition coefficient (Wildman–Crippen LogP) is 2.58. The zero-order valence-electron chi connectivity index (χ0n) is 9.50.